The summed E-state index contributed by atoms with van der Waals surface area (Å²) in [5.74, 6) is 2.70. The van der Waals surface area contributed by atoms with E-state index in [9.17, 15) is 19.8 Å². The highest BCUT2D eigenvalue weighted by Crippen LogP contribution is 2.51. The summed E-state index contributed by atoms with van der Waals surface area (Å²) >= 11 is 13.2. The fourth-order valence-corrected chi connectivity index (χ4v) is 15.6. The van der Waals surface area contributed by atoms with E-state index in [1.165, 1.54) is 32.4 Å². The molecule has 0 bridgehead atoms. The average molecular weight is 1190 g/mol. The molecule has 18 heteroatoms. The average Bonchev–Trinajstić information content (AvgIpc) is 3.33. The molecule has 16 nitrogen and oxygen atoms in total. The zero-order valence-corrected chi connectivity index (χ0v) is 50.0. The second kappa shape index (κ2) is 22.4. The number of rotatable bonds is 15. The summed E-state index contributed by atoms with van der Waals surface area (Å²) in [6.07, 6.45) is 6.53. The number of ether oxygens (including phenoxy) is 5. The Morgan fingerprint density at radius 3 is 1.64 bits per heavy atom. The van der Waals surface area contributed by atoms with Crippen molar-refractivity contribution in [2.45, 2.75) is 56.5 Å². The number of likely N-dealkylation sites (tertiary alicyclic amines) is 3. The molecule has 6 aromatic carbocycles. The molecule has 14 rings (SSSR count). The number of aromatic nitrogens is 2. The van der Waals surface area contributed by atoms with Gasteiger partial charge in [0.25, 0.3) is 11.8 Å². The lowest BCUT2D eigenvalue weighted by molar-refractivity contribution is 0.0609. The van der Waals surface area contributed by atoms with Gasteiger partial charge in [0, 0.05) is 113 Å². The molecule has 444 valence electrons. The number of carbonyl (C=O) groups excluding carboxylic acids is 2. The van der Waals surface area contributed by atoms with Crippen LogP contribution < -0.4 is 28.7 Å². The predicted octanol–water partition coefficient (Wildman–Crippen LogP) is 11.8. The van der Waals surface area contributed by atoms with E-state index in [0.717, 1.165) is 119 Å². The molecular formula is C67H73Cl2N7O9. The largest absolute Gasteiger partial charge is 0.507 e. The molecule has 1 unspecified atom stereocenters. The highest BCUT2D eigenvalue weighted by molar-refractivity contribution is 6.20. The number of alkyl halides is 2. The van der Waals surface area contributed by atoms with Crippen LogP contribution in [0.1, 0.15) is 94.1 Å². The number of H-pyrrole nitrogens is 2. The van der Waals surface area contributed by atoms with Crippen LogP contribution >= 0.6 is 23.2 Å². The maximum Gasteiger partial charge on any atom is 0.274 e. The SMILES string of the molecule is COc1cc2[nH]c(C(=O)N3C[C@@H](CCl)c4c3cc(O)c3ccccc43)cc2cc1OCCN1CCC2(CC1)COC(c1ccc3c4c(cc(O)c3c1)N(C(=O)c1cc3cc(OCCN5CCC6(CCN(C)C6)CC5)c(OC)cc3[nH]1)C[C@H]4CCl)C2. The van der Waals surface area contributed by atoms with Crippen molar-refractivity contribution in [3.63, 3.8) is 0 Å². The molecule has 6 aliphatic rings. The number of phenols is 2. The number of nitrogens with zero attached hydrogens (tertiary/aromatic N) is 5. The van der Waals surface area contributed by atoms with Gasteiger partial charge in [0.05, 0.1) is 38.3 Å². The van der Waals surface area contributed by atoms with E-state index < -0.39 is 0 Å². The first-order valence-corrected chi connectivity index (χ1v) is 31.1. The van der Waals surface area contributed by atoms with Gasteiger partial charge in [0.1, 0.15) is 36.1 Å². The van der Waals surface area contributed by atoms with E-state index in [-0.39, 0.29) is 46.7 Å². The molecule has 2 amide bonds. The fourth-order valence-electron chi connectivity index (χ4n) is 15.1. The summed E-state index contributed by atoms with van der Waals surface area (Å²) < 4.78 is 30.9. The number of aromatic amines is 2. The van der Waals surface area contributed by atoms with Crippen molar-refractivity contribution >= 4 is 89.7 Å². The Balaban J connectivity index is 0.595. The number of nitrogens with one attached hydrogen (secondary N) is 2. The predicted molar refractivity (Wildman–Crippen MR) is 334 cm³/mol. The van der Waals surface area contributed by atoms with E-state index in [4.69, 9.17) is 46.9 Å². The van der Waals surface area contributed by atoms with Gasteiger partial charge in [-0.25, -0.2) is 0 Å². The number of hydrogen-bond acceptors (Lipinski definition) is 12. The van der Waals surface area contributed by atoms with Gasteiger partial charge in [-0.2, -0.15) is 0 Å². The monoisotopic (exact) mass is 1190 g/mol. The van der Waals surface area contributed by atoms with Crippen molar-refractivity contribution in [1.82, 2.24) is 24.7 Å². The number of aromatic hydroxyl groups is 2. The molecule has 4 fully saturated rings. The van der Waals surface area contributed by atoms with Crippen molar-refractivity contribution in [2.24, 2.45) is 10.8 Å². The number of fused-ring (bicyclic) bond motifs is 8. The van der Waals surface area contributed by atoms with Gasteiger partial charge in [0.15, 0.2) is 23.0 Å². The zero-order chi connectivity index (χ0) is 58.3. The normalized spacial score (nSPS) is 21.3. The first-order chi connectivity index (χ1) is 41.3. The summed E-state index contributed by atoms with van der Waals surface area (Å²) in [6.45, 7) is 10.5. The maximum atomic E-state index is 14.5. The summed E-state index contributed by atoms with van der Waals surface area (Å²) in [7, 11) is 5.49. The Labute approximate surface area is 504 Å². The topological polar surface area (TPSA) is 169 Å². The van der Waals surface area contributed by atoms with Crippen molar-refractivity contribution in [3.8, 4) is 34.5 Å². The quantitative estimate of drug-likeness (QED) is 0.0718. The highest BCUT2D eigenvalue weighted by atomic mass is 35.5. The molecule has 3 atom stereocenters. The van der Waals surface area contributed by atoms with Crippen LogP contribution in [0.25, 0.3) is 43.4 Å². The van der Waals surface area contributed by atoms with E-state index in [1.807, 2.05) is 60.7 Å². The summed E-state index contributed by atoms with van der Waals surface area (Å²) in [5.41, 5.74) is 7.19. The lowest BCUT2D eigenvalue weighted by Crippen LogP contribution is -2.42. The zero-order valence-electron chi connectivity index (χ0n) is 48.5. The number of hydrogen-bond donors (Lipinski definition) is 4. The van der Waals surface area contributed by atoms with Crippen molar-refractivity contribution in [3.05, 3.63) is 119 Å². The first-order valence-electron chi connectivity index (χ1n) is 30.0. The van der Waals surface area contributed by atoms with E-state index in [0.29, 0.717) is 95.8 Å². The van der Waals surface area contributed by atoms with Crippen molar-refractivity contribution in [1.29, 1.82) is 0 Å². The second-order valence-electron chi connectivity index (χ2n) is 25.0. The molecule has 0 aliphatic carbocycles. The Morgan fingerprint density at radius 1 is 0.612 bits per heavy atom. The molecule has 0 radical (unpaired) electrons. The Hall–Kier alpha value is -6.92. The van der Waals surface area contributed by atoms with Crippen LogP contribution in [0.15, 0.2) is 91.0 Å². The lowest BCUT2D eigenvalue weighted by Gasteiger charge is -2.39. The molecule has 8 heterocycles. The molecule has 6 aliphatic heterocycles. The number of methoxy groups -OCH3 is 2. The minimum Gasteiger partial charge on any atom is -0.507 e. The van der Waals surface area contributed by atoms with Crippen LogP contribution in [0.3, 0.4) is 0 Å². The Bertz CT molecular complexity index is 3910. The third kappa shape index (κ3) is 10.1. The van der Waals surface area contributed by atoms with Crippen molar-refractivity contribution in [2.75, 3.05) is 128 Å². The number of amides is 2. The van der Waals surface area contributed by atoms with Crippen LogP contribution in [0.4, 0.5) is 11.4 Å². The standard InChI is InChI=1S/C67H73Cl2N7O9/c1-72-15-10-66(38-72)11-16-73(17-12-66)20-22-83-59-27-42-26-52(71-50(42)30-57(59)81-2)65(80)76-37-44(35-69)63-47-9-8-40(24-48(47)56(78)32-54(63)76)61-33-67(39-85-61)13-18-74(19-14-67)21-23-84-60-28-41-25-51(70-49(41)29-58(60)82-3)64(79)75-36-43(34-68)62-46-7-5-4-6-45(46)55(77)31-53(62)75/h4-9,24-32,43-44,61,70-71,77-78H,10-23,33-39H2,1-3H3/t43-,44-,61?/m1/s1. The summed E-state index contributed by atoms with van der Waals surface area (Å²) in [4.78, 5) is 46.2. The smallest absolute Gasteiger partial charge is 0.274 e. The molecule has 85 heavy (non-hydrogen) atoms. The number of halogens is 2. The number of benzene rings is 6. The van der Waals surface area contributed by atoms with Gasteiger partial charge in [-0.05, 0) is 147 Å². The molecule has 2 aromatic heterocycles. The van der Waals surface area contributed by atoms with E-state index in [2.05, 4.69) is 49.9 Å². The number of piperidine rings is 2. The maximum absolute atomic E-state index is 14.5. The summed E-state index contributed by atoms with van der Waals surface area (Å²) in [6, 6.07) is 28.7. The van der Waals surface area contributed by atoms with Gasteiger partial charge in [-0.15, -0.1) is 23.2 Å². The van der Waals surface area contributed by atoms with Gasteiger partial charge in [0.2, 0.25) is 0 Å². The molecular weight excluding hydrogens is 1120 g/mol. The molecule has 2 spiro atoms. The van der Waals surface area contributed by atoms with Crippen LogP contribution in [0.2, 0.25) is 0 Å². The Kier molecular flexibility index (Phi) is 14.7. The minimum absolute atomic E-state index is 0.0431. The fraction of sp³-hybridized carbons (Fsp3) is 0.433. The van der Waals surface area contributed by atoms with Gasteiger partial charge in [-0.1, -0.05) is 36.4 Å². The van der Waals surface area contributed by atoms with E-state index in [1.54, 1.807) is 36.2 Å². The van der Waals surface area contributed by atoms with Gasteiger partial charge < -0.3 is 58.6 Å². The van der Waals surface area contributed by atoms with Crippen LogP contribution in [0, 0.1) is 10.8 Å². The molecule has 4 N–H and O–H groups in total. The van der Waals surface area contributed by atoms with E-state index >= 15 is 0 Å². The summed E-state index contributed by atoms with van der Waals surface area (Å²) in [5, 5.41) is 27.6. The highest BCUT2D eigenvalue weighted by Gasteiger charge is 2.44. The van der Waals surface area contributed by atoms with Crippen LogP contribution in [0.5, 0.6) is 34.5 Å². The molecule has 4 saturated heterocycles. The number of phenolic OH excluding ortho intramolecular Hbond substituents is 2. The lowest BCUT2D eigenvalue weighted by atomic mass is 9.76. The third-order valence-electron chi connectivity index (χ3n) is 19.9. The minimum atomic E-state index is -0.208. The second-order valence-corrected chi connectivity index (χ2v) is 25.6. The number of anilines is 2. The molecule has 0 saturated carbocycles. The van der Waals surface area contributed by atoms with Crippen LogP contribution in [-0.2, 0) is 4.74 Å². The van der Waals surface area contributed by atoms with Gasteiger partial charge >= 0.3 is 0 Å². The third-order valence-corrected chi connectivity index (χ3v) is 20.7. The number of carbonyl (C=O) groups is 2. The Morgan fingerprint density at radius 2 is 1.12 bits per heavy atom. The van der Waals surface area contributed by atoms with Gasteiger partial charge in [-0.3, -0.25) is 19.4 Å². The first kappa shape index (κ1) is 55.9. The van der Waals surface area contributed by atoms with Crippen molar-refractivity contribution < 1.29 is 43.5 Å². The van der Waals surface area contributed by atoms with Crippen LogP contribution in [-0.4, -0.2) is 165 Å². The molecule has 8 aromatic rings.